The van der Waals surface area contributed by atoms with Crippen molar-refractivity contribution in [1.82, 2.24) is 0 Å². The summed E-state index contributed by atoms with van der Waals surface area (Å²) in [6, 6.07) is 0.932. The van der Waals surface area contributed by atoms with Crippen LogP contribution in [0.4, 0.5) is 19.1 Å². The van der Waals surface area contributed by atoms with Gasteiger partial charge in [0.2, 0.25) is 0 Å². The summed E-state index contributed by atoms with van der Waals surface area (Å²) in [6.07, 6.45) is 0. The summed E-state index contributed by atoms with van der Waals surface area (Å²) in [5.74, 6) is -2.96. The zero-order valence-electron chi connectivity index (χ0n) is 12.7. The van der Waals surface area contributed by atoms with Gasteiger partial charge in [-0.15, -0.1) is 0 Å². The summed E-state index contributed by atoms with van der Waals surface area (Å²) in [5.41, 5.74) is -2.92. The fourth-order valence-corrected chi connectivity index (χ4v) is 1.69. The molecule has 1 amide bonds. The lowest BCUT2D eigenvalue weighted by atomic mass is 10.0. The number of ether oxygens (including phenoxy) is 1. The van der Waals surface area contributed by atoms with Crippen molar-refractivity contribution in [2.45, 2.75) is 26.4 Å². The number of oxime groups is 1. The molecule has 1 aromatic carbocycles. The van der Waals surface area contributed by atoms with Crippen LogP contribution in [0.25, 0.3) is 0 Å². The molecule has 7 nitrogen and oxygen atoms in total. The molecule has 1 rings (SSSR count). The molecule has 0 heterocycles. The number of anilines is 1. The second-order valence-electron chi connectivity index (χ2n) is 4.94. The van der Waals surface area contributed by atoms with Crippen molar-refractivity contribution < 1.29 is 38.1 Å². The molecule has 0 aliphatic carbocycles. The summed E-state index contributed by atoms with van der Waals surface area (Å²) in [6.45, 7) is 3.31. The Balaban J connectivity index is 3.52. The number of carbonyl (C=O) groups is 1. The Kier molecular flexibility index (Phi) is 5.66. The van der Waals surface area contributed by atoms with Crippen LogP contribution in [-0.4, -0.2) is 29.8 Å². The number of nitrogens with zero attached hydrogens (tertiary/aromatic N) is 1. The van der Waals surface area contributed by atoms with Crippen molar-refractivity contribution in [3.8, 4) is 11.5 Å². The molecule has 0 unspecified atom stereocenters. The van der Waals surface area contributed by atoms with Crippen LogP contribution in [0.2, 0.25) is 0 Å². The van der Waals surface area contributed by atoms with E-state index in [1.54, 1.807) is 0 Å². The average molecular weight is 336 g/mol. The van der Waals surface area contributed by atoms with E-state index in [2.05, 4.69) is 25.1 Å². The summed E-state index contributed by atoms with van der Waals surface area (Å²) in [5, 5.41) is 13.7. The van der Waals surface area contributed by atoms with Gasteiger partial charge in [0.1, 0.15) is 5.56 Å². The first-order chi connectivity index (χ1) is 10.7. The van der Waals surface area contributed by atoms with Crippen molar-refractivity contribution in [2.75, 3.05) is 12.4 Å². The van der Waals surface area contributed by atoms with E-state index in [4.69, 9.17) is 5.21 Å². The molecule has 0 aliphatic heterocycles. The molecule has 23 heavy (non-hydrogen) atoms. The van der Waals surface area contributed by atoms with Gasteiger partial charge in [-0.2, -0.15) is 0 Å². The number of amides is 1. The van der Waals surface area contributed by atoms with Crippen molar-refractivity contribution in [1.29, 1.82) is 0 Å². The third-order valence-corrected chi connectivity index (χ3v) is 2.94. The van der Waals surface area contributed by atoms with Gasteiger partial charge in [0, 0.05) is 20.7 Å². The summed E-state index contributed by atoms with van der Waals surface area (Å²) >= 11 is 0. The highest BCUT2D eigenvalue weighted by Gasteiger charge is 2.30. The molecule has 2 N–H and O–H groups in total. The second-order valence-corrected chi connectivity index (χ2v) is 4.94. The van der Waals surface area contributed by atoms with Gasteiger partial charge >= 0.3 is 0 Å². The number of rotatable bonds is 5. The third kappa shape index (κ3) is 3.76. The molecule has 0 radical (unpaired) electrons. The van der Waals surface area contributed by atoms with E-state index in [0.29, 0.717) is 0 Å². The number of carbonyl (C=O) groups excluding carboxylic acids is 1. The fraction of sp³-hybridized carbons (Fsp3) is 0.385. The Morgan fingerprint density at radius 2 is 1.96 bits per heavy atom. The highest BCUT2D eigenvalue weighted by atomic mass is 19.3. The van der Waals surface area contributed by atoms with Crippen LogP contribution in [0.15, 0.2) is 11.2 Å². The van der Waals surface area contributed by atoms with Gasteiger partial charge in [-0.3, -0.25) is 14.7 Å². The maximum absolute atomic E-state index is 13.6. The minimum atomic E-state index is -2.23. The predicted molar refractivity (Wildman–Crippen MR) is 73.8 cm³/mol. The Morgan fingerprint density at radius 1 is 1.35 bits per heavy atom. The lowest BCUT2D eigenvalue weighted by Crippen LogP contribution is -2.32. The third-order valence-electron chi connectivity index (χ3n) is 2.94. The lowest BCUT2D eigenvalue weighted by Gasteiger charge is -2.18. The topological polar surface area (TPSA) is 89.4 Å². The number of nitrogens with one attached hydrogen (secondary N) is 1. The lowest BCUT2D eigenvalue weighted by molar-refractivity contribution is -0.125. The minimum absolute atomic E-state index is 0.0425. The van der Waals surface area contributed by atoms with Gasteiger partial charge in [0.15, 0.2) is 17.2 Å². The molecule has 0 fully saturated rings. The first-order valence-corrected chi connectivity index (χ1v) is 6.22. The molecule has 0 aliphatic rings. The first-order valence-electron chi connectivity index (χ1n) is 6.22. The van der Waals surface area contributed by atoms with E-state index in [1.807, 2.05) is 0 Å². The van der Waals surface area contributed by atoms with Gasteiger partial charge < -0.3 is 15.3 Å². The van der Waals surface area contributed by atoms with Crippen LogP contribution in [0.5, 0.6) is 11.5 Å². The van der Waals surface area contributed by atoms with Crippen molar-refractivity contribution >= 4 is 17.5 Å². The zero-order valence-corrected chi connectivity index (χ0v) is 12.7. The Bertz CT molecular complexity index is 629. The van der Waals surface area contributed by atoms with E-state index < -0.39 is 34.5 Å². The quantitative estimate of drug-likeness (QED) is 0.373. The molecule has 0 saturated carbocycles. The van der Waals surface area contributed by atoms with Crippen molar-refractivity contribution in [2.24, 2.45) is 5.16 Å². The summed E-state index contributed by atoms with van der Waals surface area (Å²) in [4.78, 5) is 18.9. The molecule has 128 valence electrons. The van der Waals surface area contributed by atoms with E-state index in [9.17, 15) is 18.2 Å². The van der Waals surface area contributed by atoms with E-state index in [1.165, 1.54) is 6.92 Å². The maximum Gasteiger partial charge on any atom is 0.265 e. The highest BCUT2D eigenvalue weighted by molar-refractivity contribution is 6.03. The summed E-state index contributed by atoms with van der Waals surface area (Å²) in [7, 11) is 1.08. The highest BCUT2D eigenvalue weighted by Crippen LogP contribution is 2.39. The smallest absolute Gasteiger partial charge is 0.265 e. The van der Waals surface area contributed by atoms with Crippen LogP contribution in [0.1, 0.15) is 25.0 Å². The standard InChI is InChI=1S/C13H15F3N2O5/c1-6-7(17-12(19)13(2,3)14)5-8(22-15)9(10(6)23-16)11(18-20)21-4/h5,20H,1-4H3,(H,17,19). The molecule has 0 atom stereocenters. The van der Waals surface area contributed by atoms with Crippen LogP contribution < -0.4 is 15.2 Å². The van der Waals surface area contributed by atoms with E-state index in [0.717, 1.165) is 27.0 Å². The monoisotopic (exact) mass is 336 g/mol. The van der Waals surface area contributed by atoms with Crippen molar-refractivity contribution in [3.63, 3.8) is 0 Å². The number of halogens is 3. The number of alkyl halides is 1. The van der Waals surface area contributed by atoms with E-state index >= 15 is 0 Å². The Morgan fingerprint density at radius 3 is 2.35 bits per heavy atom. The number of benzene rings is 1. The molecule has 1 aromatic rings. The number of methoxy groups -OCH3 is 1. The normalized spacial score (nSPS) is 11.9. The molecular formula is C13H15F3N2O5. The molecule has 10 heteroatoms. The Labute approximate surface area is 129 Å². The first kappa shape index (κ1) is 18.4. The number of hydrogen-bond donors (Lipinski definition) is 2. The van der Waals surface area contributed by atoms with Crippen LogP contribution in [-0.2, 0) is 9.53 Å². The predicted octanol–water partition coefficient (Wildman–Crippen LogP) is 2.99. The fourth-order valence-electron chi connectivity index (χ4n) is 1.69. The number of hydrogen-bond acceptors (Lipinski definition) is 6. The Hall–Kier alpha value is -2.65. The van der Waals surface area contributed by atoms with Crippen LogP contribution in [0.3, 0.4) is 0 Å². The minimum Gasteiger partial charge on any atom is -0.478 e. The van der Waals surface area contributed by atoms with Gasteiger partial charge in [-0.1, -0.05) is 0 Å². The largest absolute Gasteiger partial charge is 0.478 e. The SMILES string of the molecule is COC(=NO)c1c(OF)cc(NC(=O)C(C)(C)F)c(C)c1OF. The average Bonchev–Trinajstić information content (AvgIpc) is 2.50. The molecule has 0 saturated heterocycles. The van der Waals surface area contributed by atoms with Crippen molar-refractivity contribution in [3.05, 3.63) is 17.2 Å². The van der Waals surface area contributed by atoms with Gasteiger partial charge in [-0.05, 0) is 25.9 Å². The molecular weight excluding hydrogens is 321 g/mol. The van der Waals surface area contributed by atoms with Gasteiger partial charge in [0.25, 0.3) is 11.8 Å². The van der Waals surface area contributed by atoms with Gasteiger partial charge in [-0.25, -0.2) is 4.39 Å². The zero-order chi connectivity index (χ0) is 17.8. The second kappa shape index (κ2) is 7.07. The molecule has 0 bridgehead atoms. The van der Waals surface area contributed by atoms with Gasteiger partial charge in [0.05, 0.1) is 12.8 Å². The molecule has 0 aromatic heterocycles. The summed E-state index contributed by atoms with van der Waals surface area (Å²) < 4.78 is 43.9. The van der Waals surface area contributed by atoms with Crippen LogP contribution >= 0.6 is 0 Å². The van der Waals surface area contributed by atoms with Crippen LogP contribution in [0, 0.1) is 6.92 Å². The van der Waals surface area contributed by atoms with E-state index in [-0.39, 0.29) is 11.3 Å². The molecule has 0 spiro atoms. The maximum atomic E-state index is 13.6.